The zero-order chi connectivity index (χ0) is 33.6. The first kappa shape index (κ1) is 40.7. The van der Waals surface area contributed by atoms with Gasteiger partial charge in [0, 0.05) is 5.41 Å². The lowest BCUT2D eigenvalue weighted by Gasteiger charge is -2.33. The van der Waals surface area contributed by atoms with Crippen LogP contribution < -0.4 is 28.7 Å². The van der Waals surface area contributed by atoms with E-state index in [9.17, 15) is 24.0 Å². The molecular formula is C28H49N5O10. The molecule has 1 aromatic carbocycles. The number of benzene rings is 1. The molecule has 1 unspecified atom stereocenters. The van der Waals surface area contributed by atoms with Crippen LogP contribution in [0.1, 0.15) is 72.3 Å². The molecule has 0 aromatic heterocycles. The predicted molar refractivity (Wildman–Crippen MR) is 159 cm³/mol. The van der Waals surface area contributed by atoms with E-state index in [4.69, 9.17) is 52.4 Å². The van der Waals surface area contributed by atoms with Gasteiger partial charge in [0.2, 0.25) is 0 Å². The van der Waals surface area contributed by atoms with Crippen molar-refractivity contribution in [3.63, 3.8) is 0 Å². The summed E-state index contributed by atoms with van der Waals surface area (Å²) in [4.78, 5) is 52.5. The molecule has 0 aliphatic rings. The Hall–Kier alpha value is -4.43. The molecule has 15 heteroatoms. The highest BCUT2D eigenvalue weighted by Crippen LogP contribution is 2.30. The lowest BCUT2D eigenvalue weighted by molar-refractivity contribution is 0.00792. The van der Waals surface area contributed by atoms with E-state index in [0.717, 1.165) is 24.8 Å². The van der Waals surface area contributed by atoms with Crippen LogP contribution in [0.4, 0.5) is 24.0 Å². The molecule has 0 saturated carbocycles. The minimum Gasteiger partial charge on any atom is -0.449 e. The van der Waals surface area contributed by atoms with Crippen LogP contribution in [0.25, 0.3) is 0 Å². The van der Waals surface area contributed by atoms with E-state index in [2.05, 4.69) is 0 Å². The standard InChI is InChI=1S/C11H14N2O4.C10H20N2O4.C7H15NO2/c12-10(14)16-6-9(7-17-11(13)15)8-4-2-1-3-5-8;1-4-7(2)10(3,5-15-8(11)13)6-16-9(12)14;1-4-7(3,5-2)10-6(8)9/h1-5,9H,6-7H2,(H2,12,14)(H2,13,15);7H,4-6H2,1-3H3,(H2,11,13)(H2,12,14);4-5H2,1-3H3,(H2,8,9). The average molecular weight is 616 g/mol. The fraction of sp³-hybridized carbons (Fsp3) is 0.607. The molecule has 0 saturated heterocycles. The highest BCUT2D eigenvalue weighted by molar-refractivity contribution is 5.66. The lowest BCUT2D eigenvalue weighted by atomic mass is 9.78. The number of carbonyl (C=O) groups is 5. The Balaban J connectivity index is 0. The van der Waals surface area contributed by atoms with E-state index in [1.54, 1.807) is 0 Å². The van der Waals surface area contributed by atoms with Gasteiger partial charge in [0.1, 0.15) is 32.0 Å². The fourth-order valence-electron chi connectivity index (χ4n) is 3.26. The van der Waals surface area contributed by atoms with Gasteiger partial charge in [0.05, 0.1) is 5.92 Å². The van der Waals surface area contributed by atoms with Crippen molar-refractivity contribution in [2.75, 3.05) is 26.4 Å². The third kappa shape index (κ3) is 20.1. The number of hydrogen-bond donors (Lipinski definition) is 5. The second-order valence-corrected chi connectivity index (χ2v) is 10.1. The monoisotopic (exact) mass is 615 g/mol. The van der Waals surface area contributed by atoms with Crippen molar-refractivity contribution >= 4 is 30.5 Å². The van der Waals surface area contributed by atoms with Gasteiger partial charge in [0.15, 0.2) is 0 Å². The van der Waals surface area contributed by atoms with Gasteiger partial charge >= 0.3 is 30.5 Å². The zero-order valence-electron chi connectivity index (χ0n) is 26.0. The number of primary amides is 5. The summed E-state index contributed by atoms with van der Waals surface area (Å²) in [6, 6.07) is 9.18. The van der Waals surface area contributed by atoms with Crippen LogP contribution in [0.2, 0.25) is 0 Å². The van der Waals surface area contributed by atoms with Crippen LogP contribution in [-0.2, 0) is 23.7 Å². The summed E-state index contributed by atoms with van der Waals surface area (Å²) in [5, 5.41) is 0. The topological polar surface area (TPSA) is 262 Å². The Bertz CT molecular complexity index is 953. The third-order valence-corrected chi connectivity index (χ3v) is 6.86. The summed E-state index contributed by atoms with van der Waals surface area (Å²) in [6.07, 6.45) is -1.65. The van der Waals surface area contributed by atoms with Crippen molar-refractivity contribution in [3.8, 4) is 0 Å². The van der Waals surface area contributed by atoms with Crippen LogP contribution in [0.3, 0.4) is 0 Å². The summed E-state index contributed by atoms with van der Waals surface area (Å²) >= 11 is 0. The molecule has 15 nitrogen and oxygen atoms in total. The number of amides is 5. The first-order valence-electron chi connectivity index (χ1n) is 13.7. The van der Waals surface area contributed by atoms with Gasteiger partial charge in [-0.3, -0.25) is 0 Å². The average Bonchev–Trinajstić information content (AvgIpc) is 2.95. The van der Waals surface area contributed by atoms with Gasteiger partial charge in [-0.1, -0.05) is 71.4 Å². The van der Waals surface area contributed by atoms with Gasteiger partial charge in [-0.25, -0.2) is 24.0 Å². The molecule has 0 radical (unpaired) electrons. The Labute approximate surface area is 253 Å². The van der Waals surface area contributed by atoms with Crippen LogP contribution in [0, 0.1) is 11.3 Å². The van der Waals surface area contributed by atoms with E-state index in [1.807, 2.05) is 71.9 Å². The third-order valence-electron chi connectivity index (χ3n) is 6.86. The van der Waals surface area contributed by atoms with Crippen LogP contribution in [0.15, 0.2) is 30.3 Å². The number of nitrogens with two attached hydrogens (primary N) is 5. The molecule has 1 rings (SSSR count). The largest absolute Gasteiger partial charge is 0.449 e. The van der Waals surface area contributed by atoms with Crippen LogP contribution in [-0.4, -0.2) is 62.5 Å². The Morgan fingerprint density at radius 3 is 1.35 bits per heavy atom. The summed E-state index contributed by atoms with van der Waals surface area (Å²) in [5.41, 5.74) is 24.5. The maximum absolute atomic E-state index is 10.6. The molecule has 1 atom stereocenters. The van der Waals surface area contributed by atoms with Crippen molar-refractivity contribution in [2.45, 2.75) is 72.3 Å². The first-order valence-corrected chi connectivity index (χ1v) is 13.7. The van der Waals surface area contributed by atoms with Crippen molar-refractivity contribution in [2.24, 2.45) is 40.0 Å². The first-order chi connectivity index (χ1) is 19.9. The van der Waals surface area contributed by atoms with Crippen molar-refractivity contribution in [3.05, 3.63) is 35.9 Å². The highest BCUT2D eigenvalue weighted by Gasteiger charge is 2.33. The SMILES string of the molecule is CCC(C)(CC)OC(N)=O.CCC(C)C(C)(COC(N)=O)COC(N)=O.NC(=O)OCC(COC(N)=O)c1ccccc1. The van der Waals surface area contributed by atoms with Gasteiger partial charge in [-0.2, -0.15) is 0 Å². The molecular weight excluding hydrogens is 566 g/mol. The Morgan fingerprint density at radius 1 is 0.674 bits per heavy atom. The zero-order valence-corrected chi connectivity index (χ0v) is 26.0. The summed E-state index contributed by atoms with van der Waals surface area (Å²) in [6.45, 7) is 11.9. The van der Waals surface area contributed by atoms with Gasteiger partial charge in [0.25, 0.3) is 0 Å². The molecule has 0 heterocycles. The van der Waals surface area contributed by atoms with Crippen LogP contribution >= 0.6 is 0 Å². The maximum Gasteiger partial charge on any atom is 0.405 e. The Kier molecular flexibility index (Phi) is 20.2. The molecule has 43 heavy (non-hydrogen) atoms. The number of hydrogen-bond acceptors (Lipinski definition) is 10. The van der Waals surface area contributed by atoms with E-state index in [0.29, 0.717) is 0 Å². The number of carbonyl (C=O) groups excluding carboxylic acids is 5. The fourth-order valence-corrected chi connectivity index (χ4v) is 3.26. The molecule has 10 N–H and O–H groups in total. The molecule has 0 aliphatic carbocycles. The molecule has 0 aliphatic heterocycles. The molecule has 0 fully saturated rings. The maximum atomic E-state index is 10.6. The quantitative estimate of drug-likeness (QED) is 0.189. The normalized spacial score (nSPS) is 11.3. The number of ether oxygens (including phenoxy) is 5. The van der Waals surface area contributed by atoms with Gasteiger partial charge in [-0.15, -0.1) is 0 Å². The minimum absolute atomic E-state index is 0.0344. The van der Waals surface area contributed by atoms with E-state index < -0.39 is 35.9 Å². The molecule has 5 amide bonds. The van der Waals surface area contributed by atoms with Gasteiger partial charge < -0.3 is 52.4 Å². The smallest absolute Gasteiger partial charge is 0.405 e. The second kappa shape index (κ2) is 21.3. The Morgan fingerprint density at radius 2 is 1.07 bits per heavy atom. The molecule has 0 spiro atoms. The van der Waals surface area contributed by atoms with Gasteiger partial charge in [-0.05, 0) is 31.2 Å². The van der Waals surface area contributed by atoms with E-state index in [1.165, 1.54) is 0 Å². The summed E-state index contributed by atoms with van der Waals surface area (Å²) in [5.74, 6) is -0.0811. The number of rotatable bonds is 14. The van der Waals surface area contributed by atoms with Crippen molar-refractivity contribution < 1.29 is 47.7 Å². The molecule has 1 aromatic rings. The van der Waals surface area contributed by atoms with E-state index >= 15 is 0 Å². The molecule has 0 bridgehead atoms. The summed E-state index contributed by atoms with van der Waals surface area (Å²) < 4.78 is 23.8. The van der Waals surface area contributed by atoms with E-state index in [-0.39, 0.29) is 43.9 Å². The van der Waals surface area contributed by atoms with Crippen molar-refractivity contribution in [1.82, 2.24) is 0 Å². The highest BCUT2D eigenvalue weighted by atomic mass is 16.6. The minimum atomic E-state index is -0.870. The second-order valence-electron chi connectivity index (χ2n) is 10.1. The van der Waals surface area contributed by atoms with Crippen LogP contribution in [0.5, 0.6) is 0 Å². The summed E-state index contributed by atoms with van der Waals surface area (Å²) in [7, 11) is 0. The molecule has 246 valence electrons. The van der Waals surface area contributed by atoms with Crippen molar-refractivity contribution in [1.29, 1.82) is 0 Å². The lowest BCUT2D eigenvalue weighted by Crippen LogP contribution is -2.38. The predicted octanol–water partition coefficient (Wildman–Crippen LogP) is 3.85.